The Morgan fingerprint density at radius 3 is 2.68 bits per heavy atom. The predicted molar refractivity (Wildman–Crippen MR) is 110 cm³/mol. The summed E-state index contributed by atoms with van der Waals surface area (Å²) < 4.78 is 5.15. The molecule has 2 aromatic heterocycles. The van der Waals surface area contributed by atoms with Gasteiger partial charge in [-0.25, -0.2) is 9.97 Å². The van der Waals surface area contributed by atoms with Crippen LogP contribution in [0, 0.1) is 20.8 Å². The quantitative estimate of drug-likeness (QED) is 0.713. The molecule has 3 aromatic rings. The molecule has 28 heavy (non-hydrogen) atoms. The van der Waals surface area contributed by atoms with E-state index in [-0.39, 0.29) is 18.4 Å². The van der Waals surface area contributed by atoms with E-state index in [9.17, 15) is 9.59 Å². The molecule has 1 N–H and O–H groups in total. The molecule has 2 amide bonds. The highest BCUT2D eigenvalue weighted by molar-refractivity contribution is 7.20. The maximum Gasteiger partial charge on any atom is 0.264 e. The van der Waals surface area contributed by atoms with Crippen molar-refractivity contribution in [3.63, 3.8) is 0 Å². The van der Waals surface area contributed by atoms with Gasteiger partial charge in [-0.2, -0.15) is 0 Å². The second-order valence-electron chi connectivity index (χ2n) is 6.53. The van der Waals surface area contributed by atoms with Gasteiger partial charge in [-0.3, -0.25) is 9.59 Å². The summed E-state index contributed by atoms with van der Waals surface area (Å²) in [5.74, 6) is 0.833. The summed E-state index contributed by atoms with van der Waals surface area (Å²) in [6.45, 7) is 5.57. The lowest BCUT2D eigenvalue weighted by molar-refractivity contribution is -0.116. The van der Waals surface area contributed by atoms with Crippen LogP contribution < -0.4 is 10.1 Å². The molecule has 0 saturated carbocycles. The largest absolute Gasteiger partial charge is 0.497 e. The van der Waals surface area contributed by atoms with Crippen LogP contribution in [0.25, 0.3) is 10.2 Å². The summed E-state index contributed by atoms with van der Waals surface area (Å²) in [6, 6.07) is 7.07. The van der Waals surface area contributed by atoms with Crippen molar-refractivity contribution < 1.29 is 14.3 Å². The third-order valence-corrected chi connectivity index (χ3v) is 5.53. The highest BCUT2D eigenvalue weighted by Gasteiger charge is 2.22. The number of nitrogens with zero attached hydrogens (tertiary/aromatic N) is 3. The fourth-order valence-electron chi connectivity index (χ4n) is 3.04. The number of ether oxygens (including phenoxy) is 1. The maximum atomic E-state index is 12.9. The summed E-state index contributed by atoms with van der Waals surface area (Å²) in [6.07, 6.45) is 0. The Morgan fingerprint density at radius 1 is 1.21 bits per heavy atom. The van der Waals surface area contributed by atoms with E-state index >= 15 is 0 Å². The van der Waals surface area contributed by atoms with Gasteiger partial charge in [0.25, 0.3) is 5.91 Å². The van der Waals surface area contributed by atoms with Gasteiger partial charge >= 0.3 is 0 Å². The fraction of sp³-hybridized carbons (Fsp3) is 0.300. The number of likely N-dealkylation sites (N-methyl/N-ethyl adjacent to an activating group) is 1. The number of hydrogen-bond acceptors (Lipinski definition) is 6. The number of nitrogens with one attached hydrogen (secondary N) is 1. The number of methoxy groups -OCH3 is 1. The van der Waals surface area contributed by atoms with Gasteiger partial charge < -0.3 is 15.0 Å². The maximum absolute atomic E-state index is 12.9. The number of benzene rings is 1. The minimum absolute atomic E-state index is 0.0621. The van der Waals surface area contributed by atoms with Crippen molar-refractivity contribution in [3.8, 4) is 5.75 Å². The van der Waals surface area contributed by atoms with Crippen molar-refractivity contribution in [2.45, 2.75) is 20.8 Å². The zero-order valence-electron chi connectivity index (χ0n) is 16.5. The molecular weight excluding hydrogens is 376 g/mol. The van der Waals surface area contributed by atoms with Crippen LogP contribution in [0.3, 0.4) is 0 Å². The molecule has 0 saturated heterocycles. The Kier molecular flexibility index (Phi) is 5.60. The van der Waals surface area contributed by atoms with Crippen molar-refractivity contribution >= 4 is 39.1 Å². The summed E-state index contributed by atoms with van der Waals surface area (Å²) >= 11 is 1.33. The second kappa shape index (κ2) is 7.93. The highest BCUT2D eigenvalue weighted by atomic mass is 32.1. The molecule has 146 valence electrons. The normalized spacial score (nSPS) is 10.8. The Bertz CT molecular complexity index is 1060. The zero-order chi connectivity index (χ0) is 20.4. The molecule has 2 heterocycles. The average molecular weight is 398 g/mol. The Hall–Kier alpha value is -3.00. The van der Waals surface area contributed by atoms with Crippen LogP contribution >= 0.6 is 11.3 Å². The number of thiophene rings is 1. The molecule has 0 bridgehead atoms. The monoisotopic (exact) mass is 398 g/mol. The van der Waals surface area contributed by atoms with E-state index in [1.165, 1.54) is 16.2 Å². The Balaban J connectivity index is 1.75. The van der Waals surface area contributed by atoms with Crippen LogP contribution in [0.5, 0.6) is 5.75 Å². The zero-order valence-corrected chi connectivity index (χ0v) is 17.3. The van der Waals surface area contributed by atoms with E-state index in [2.05, 4.69) is 15.3 Å². The molecule has 0 aliphatic rings. The lowest BCUT2D eigenvalue weighted by atomic mass is 10.1. The first kappa shape index (κ1) is 19.8. The van der Waals surface area contributed by atoms with Crippen molar-refractivity contribution in [2.24, 2.45) is 0 Å². The van der Waals surface area contributed by atoms with Crippen molar-refractivity contribution in [1.29, 1.82) is 0 Å². The SMILES string of the molecule is COc1cccc(NC(=O)CN(C)C(=O)c2sc3nc(C)nc(C)c3c2C)c1. The van der Waals surface area contributed by atoms with Crippen LogP contribution in [0.2, 0.25) is 0 Å². The van der Waals surface area contributed by atoms with E-state index in [1.807, 2.05) is 20.8 Å². The third-order valence-electron chi connectivity index (χ3n) is 4.36. The number of aryl methyl sites for hydroxylation is 3. The predicted octanol–water partition coefficient (Wildman–Crippen LogP) is 3.34. The average Bonchev–Trinajstić information content (AvgIpc) is 2.97. The molecule has 0 aliphatic carbocycles. The summed E-state index contributed by atoms with van der Waals surface area (Å²) in [5, 5.41) is 3.69. The van der Waals surface area contributed by atoms with Crippen LogP contribution in [-0.4, -0.2) is 47.4 Å². The van der Waals surface area contributed by atoms with Crippen LogP contribution in [0.15, 0.2) is 24.3 Å². The van der Waals surface area contributed by atoms with Crippen molar-refractivity contribution in [1.82, 2.24) is 14.9 Å². The molecule has 0 spiro atoms. The molecule has 3 rings (SSSR count). The molecule has 0 atom stereocenters. The number of carbonyl (C=O) groups excluding carboxylic acids is 2. The van der Waals surface area contributed by atoms with Gasteiger partial charge in [0, 0.05) is 29.9 Å². The van der Waals surface area contributed by atoms with Gasteiger partial charge in [-0.05, 0) is 38.5 Å². The summed E-state index contributed by atoms with van der Waals surface area (Å²) in [5.41, 5.74) is 2.32. The first-order chi connectivity index (χ1) is 13.3. The number of rotatable bonds is 5. The topological polar surface area (TPSA) is 84.4 Å². The standard InChI is InChI=1S/C20H22N4O3S/c1-11-17-12(2)21-13(3)22-19(17)28-18(11)20(26)24(4)10-16(25)23-14-7-6-8-15(9-14)27-5/h6-9H,10H2,1-5H3,(H,23,25). The van der Waals surface area contributed by atoms with E-state index in [0.717, 1.165) is 21.5 Å². The van der Waals surface area contributed by atoms with Crippen LogP contribution in [0.4, 0.5) is 5.69 Å². The van der Waals surface area contributed by atoms with Gasteiger partial charge in [0.2, 0.25) is 5.91 Å². The minimum Gasteiger partial charge on any atom is -0.497 e. The van der Waals surface area contributed by atoms with E-state index in [0.29, 0.717) is 22.1 Å². The van der Waals surface area contributed by atoms with Crippen LogP contribution in [0.1, 0.15) is 26.8 Å². The van der Waals surface area contributed by atoms with Crippen molar-refractivity contribution in [3.05, 3.63) is 46.2 Å². The molecule has 0 radical (unpaired) electrons. The number of carbonyl (C=O) groups is 2. The molecule has 0 unspecified atom stereocenters. The summed E-state index contributed by atoms with van der Waals surface area (Å²) in [7, 11) is 3.18. The van der Waals surface area contributed by atoms with Crippen molar-refractivity contribution in [2.75, 3.05) is 26.0 Å². The molecule has 7 nitrogen and oxygen atoms in total. The lowest BCUT2D eigenvalue weighted by Gasteiger charge is -2.16. The smallest absolute Gasteiger partial charge is 0.264 e. The van der Waals surface area contributed by atoms with Gasteiger partial charge in [0.15, 0.2) is 0 Å². The molecule has 0 fully saturated rings. The number of fused-ring (bicyclic) bond motifs is 1. The minimum atomic E-state index is -0.283. The third kappa shape index (κ3) is 3.96. The number of hydrogen-bond donors (Lipinski definition) is 1. The first-order valence-corrected chi connectivity index (χ1v) is 9.55. The Morgan fingerprint density at radius 2 is 1.96 bits per heavy atom. The number of aromatic nitrogens is 2. The number of amides is 2. The van der Waals surface area contributed by atoms with Gasteiger partial charge in [0.05, 0.1) is 18.5 Å². The second-order valence-corrected chi connectivity index (χ2v) is 7.53. The van der Waals surface area contributed by atoms with E-state index in [1.54, 1.807) is 38.4 Å². The molecule has 1 aromatic carbocycles. The lowest BCUT2D eigenvalue weighted by Crippen LogP contribution is -2.34. The van der Waals surface area contributed by atoms with Gasteiger partial charge in [0.1, 0.15) is 16.4 Å². The van der Waals surface area contributed by atoms with Crippen LogP contribution in [-0.2, 0) is 4.79 Å². The fourth-order valence-corrected chi connectivity index (χ4v) is 4.31. The molecule has 8 heteroatoms. The highest BCUT2D eigenvalue weighted by Crippen LogP contribution is 2.31. The van der Waals surface area contributed by atoms with Gasteiger partial charge in [-0.15, -0.1) is 11.3 Å². The first-order valence-electron chi connectivity index (χ1n) is 8.74. The molecular formula is C20H22N4O3S. The Labute approximate surface area is 167 Å². The summed E-state index contributed by atoms with van der Waals surface area (Å²) in [4.78, 5) is 36.9. The number of anilines is 1. The van der Waals surface area contributed by atoms with Gasteiger partial charge in [-0.1, -0.05) is 6.07 Å². The van der Waals surface area contributed by atoms with E-state index < -0.39 is 0 Å². The van der Waals surface area contributed by atoms with E-state index in [4.69, 9.17) is 4.74 Å². The molecule has 0 aliphatic heterocycles.